The van der Waals surface area contributed by atoms with Gasteiger partial charge in [0.05, 0.1) is 4.92 Å². The zero-order valence-corrected chi connectivity index (χ0v) is 12.0. The lowest BCUT2D eigenvalue weighted by Crippen LogP contribution is -2.47. The van der Waals surface area contributed by atoms with Crippen molar-refractivity contribution in [2.24, 2.45) is 0 Å². The van der Waals surface area contributed by atoms with E-state index in [1.165, 1.54) is 10.9 Å². The molecule has 0 spiro atoms. The molecule has 3 rings (SSSR count). The predicted molar refractivity (Wildman–Crippen MR) is 74.8 cm³/mol. The molecule has 0 aromatic carbocycles. The van der Waals surface area contributed by atoms with Crippen molar-refractivity contribution < 1.29 is 14.5 Å². The van der Waals surface area contributed by atoms with Crippen molar-refractivity contribution in [3.05, 3.63) is 22.5 Å². The third kappa shape index (κ3) is 3.07. The molecule has 118 valence electrons. The summed E-state index contributed by atoms with van der Waals surface area (Å²) in [7, 11) is 0. The lowest BCUT2D eigenvalue weighted by atomic mass is 10.2. The number of likely N-dealkylation sites (tertiary alicyclic amines) is 1. The Morgan fingerprint density at radius 1 is 1.41 bits per heavy atom. The molecule has 9 heteroatoms. The van der Waals surface area contributed by atoms with Gasteiger partial charge in [0.2, 0.25) is 11.8 Å². The molecular weight excluding hydrogens is 290 g/mol. The Balaban J connectivity index is 1.62. The molecule has 1 N–H and O–H groups in total. The second-order valence-corrected chi connectivity index (χ2v) is 5.68. The summed E-state index contributed by atoms with van der Waals surface area (Å²) in [6.07, 6.45) is 5.77. The number of carbonyl (C=O) groups excluding carboxylic acids is 2. The first-order valence-electron chi connectivity index (χ1n) is 7.31. The summed E-state index contributed by atoms with van der Waals surface area (Å²) in [5, 5.41) is 17.3. The van der Waals surface area contributed by atoms with E-state index < -0.39 is 11.0 Å². The number of aromatic nitrogens is 2. The van der Waals surface area contributed by atoms with Crippen molar-refractivity contribution >= 4 is 17.5 Å². The van der Waals surface area contributed by atoms with Gasteiger partial charge in [-0.15, -0.1) is 0 Å². The number of amides is 2. The summed E-state index contributed by atoms with van der Waals surface area (Å²) < 4.78 is 1.23. The first-order chi connectivity index (χ1) is 10.5. The van der Waals surface area contributed by atoms with E-state index in [0.29, 0.717) is 13.0 Å². The maximum Gasteiger partial charge on any atom is 0.307 e. The summed E-state index contributed by atoms with van der Waals surface area (Å²) in [4.78, 5) is 36.1. The van der Waals surface area contributed by atoms with Crippen molar-refractivity contribution in [1.82, 2.24) is 20.0 Å². The average molecular weight is 307 g/mol. The van der Waals surface area contributed by atoms with Crippen LogP contribution in [0.15, 0.2) is 12.4 Å². The third-order valence-corrected chi connectivity index (χ3v) is 3.93. The molecule has 0 unspecified atom stereocenters. The number of nitrogens with zero attached hydrogens (tertiary/aromatic N) is 4. The molecule has 1 aliphatic heterocycles. The van der Waals surface area contributed by atoms with E-state index >= 15 is 0 Å². The SMILES string of the molecule is O=C(NC1CC1)[C@@H]1CCCN1C(=O)Cn1cc([N+](=O)[O-])cn1. The van der Waals surface area contributed by atoms with Crippen LogP contribution >= 0.6 is 0 Å². The minimum Gasteiger partial charge on any atom is -0.352 e. The summed E-state index contributed by atoms with van der Waals surface area (Å²) in [6, 6.07) is -0.169. The van der Waals surface area contributed by atoms with Gasteiger partial charge in [-0.3, -0.25) is 24.4 Å². The smallest absolute Gasteiger partial charge is 0.307 e. The summed E-state index contributed by atoms with van der Waals surface area (Å²) in [5.74, 6) is -0.341. The highest BCUT2D eigenvalue weighted by Gasteiger charge is 2.36. The van der Waals surface area contributed by atoms with Crippen LogP contribution < -0.4 is 5.32 Å². The molecule has 2 fully saturated rings. The highest BCUT2D eigenvalue weighted by atomic mass is 16.6. The molecule has 2 amide bonds. The lowest BCUT2D eigenvalue weighted by Gasteiger charge is -2.23. The molecule has 1 saturated heterocycles. The quantitative estimate of drug-likeness (QED) is 0.611. The van der Waals surface area contributed by atoms with Crippen LogP contribution in [0.1, 0.15) is 25.7 Å². The molecule has 2 heterocycles. The van der Waals surface area contributed by atoms with Crippen LogP contribution in [-0.4, -0.2) is 50.0 Å². The predicted octanol–water partition coefficient (Wildman–Crippen LogP) is 0.0609. The van der Waals surface area contributed by atoms with Crippen molar-refractivity contribution in [2.75, 3.05) is 6.54 Å². The van der Waals surface area contributed by atoms with Gasteiger partial charge in [0.1, 0.15) is 25.0 Å². The van der Waals surface area contributed by atoms with Gasteiger partial charge in [-0.25, -0.2) is 0 Å². The van der Waals surface area contributed by atoms with E-state index in [-0.39, 0.29) is 30.1 Å². The first kappa shape index (κ1) is 14.5. The Morgan fingerprint density at radius 2 is 2.18 bits per heavy atom. The Labute approximate surface area is 126 Å². The molecule has 9 nitrogen and oxygen atoms in total. The van der Waals surface area contributed by atoms with Crippen LogP contribution in [0.4, 0.5) is 5.69 Å². The zero-order valence-electron chi connectivity index (χ0n) is 12.0. The van der Waals surface area contributed by atoms with Gasteiger partial charge in [0.25, 0.3) is 0 Å². The van der Waals surface area contributed by atoms with Crippen molar-refractivity contribution in [3.63, 3.8) is 0 Å². The monoisotopic (exact) mass is 307 g/mol. The number of rotatable bonds is 5. The standard InChI is InChI=1S/C13H17N5O4/c19-12(8-16-7-10(6-14-16)18(21)22)17-5-1-2-11(17)13(20)15-9-3-4-9/h6-7,9,11H,1-5,8H2,(H,15,20)/t11-/m0/s1. The van der Waals surface area contributed by atoms with E-state index in [2.05, 4.69) is 10.4 Å². The molecule has 1 atom stereocenters. The summed E-state index contributed by atoms with van der Waals surface area (Å²) in [5.41, 5.74) is -0.155. The van der Waals surface area contributed by atoms with Crippen molar-refractivity contribution in [3.8, 4) is 0 Å². The molecule has 1 aliphatic carbocycles. The summed E-state index contributed by atoms with van der Waals surface area (Å²) in [6.45, 7) is 0.437. The second kappa shape index (κ2) is 5.74. The van der Waals surface area contributed by atoms with E-state index in [4.69, 9.17) is 0 Å². The van der Waals surface area contributed by atoms with Crippen LogP contribution in [0.2, 0.25) is 0 Å². The van der Waals surface area contributed by atoms with E-state index in [0.717, 1.165) is 25.5 Å². The average Bonchev–Trinajstić information content (AvgIpc) is 2.99. The van der Waals surface area contributed by atoms with Crippen LogP contribution in [0.5, 0.6) is 0 Å². The highest BCUT2D eigenvalue weighted by molar-refractivity contribution is 5.88. The highest BCUT2D eigenvalue weighted by Crippen LogP contribution is 2.22. The zero-order chi connectivity index (χ0) is 15.7. The topological polar surface area (TPSA) is 110 Å². The Kier molecular flexibility index (Phi) is 3.78. The van der Waals surface area contributed by atoms with Gasteiger partial charge in [0.15, 0.2) is 0 Å². The molecular formula is C13H17N5O4. The van der Waals surface area contributed by atoms with Crippen molar-refractivity contribution in [1.29, 1.82) is 0 Å². The largest absolute Gasteiger partial charge is 0.352 e. The minimum atomic E-state index is -0.560. The van der Waals surface area contributed by atoms with Crippen LogP contribution in [-0.2, 0) is 16.1 Å². The molecule has 0 bridgehead atoms. The van der Waals surface area contributed by atoms with Gasteiger partial charge >= 0.3 is 5.69 Å². The first-order valence-corrected chi connectivity index (χ1v) is 7.31. The van der Waals surface area contributed by atoms with Crippen LogP contribution in [0, 0.1) is 10.1 Å². The maximum atomic E-state index is 12.3. The fourth-order valence-corrected chi connectivity index (χ4v) is 2.63. The molecule has 2 aliphatic rings. The third-order valence-electron chi connectivity index (χ3n) is 3.93. The minimum absolute atomic E-state index is 0.0962. The Hall–Kier alpha value is -2.45. The molecule has 0 radical (unpaired) electrons. The summed E-state index contributed by atoms with van der Waals surface area (Å²) >= 11 is 0. The molecule has 1 aromatic rings. The van der Waals surface area contributed by atoms with Crippen molar-refractivity contribution in [2.45, 2.75) is 44.3 Å². The van der Waals surface area contributed by atoms with Gasteiger partial charge in [-0.05, 0) is 25.7 Å². The second-order valence-electron chi connectivity index (χ2n) is 5.68. The fourth-order valence-electron chi connectivity index (χ4n) is 2.63. The van der Waals surface area contributed by atoms with Gasteiger partial charge < -0.3 is 10.2 Å². The fraction of sp³-hybridized carbons (Fsp3) is 0.615. The number of nitro groups is 1. The molecule has 1 aromatic heterocycles. The molecule has 22 heavy (non-hydrogen) atoms. The number of hydrogen-bond donors (Lipinski definition) is 1. The Bertz CT molecular complexity index is 609. The van der Waals surface area contributed by atoms with Crippen LogP contribution in [0.25, 0.3) is 0 Å². The Morgan fingerprint density at radius 3 is 2.82 bits per heavy atom. The molecule has 1 saturated carbocycles. The van der Waals surface area contributed by atoms with E-state index in [1.807, 2.05) is 0 Å². The number of nitrogens with one attached hydrogen (secondary N) is 1. The van der Waals surface area contributed by atoms with E-state index in [9.17, 15) is 19.7 Å². The number of carbonyl (C=O) groups is 2. The normalized spacial score (nSPS) is 20.9. The maximum absolute atomic E-state index is 12.3. The van der Waals surface area contributed by atoms with Crippen LogP contribution in [0.3, 0.4) is 0 Å². The van der Waals surface area contributed by atoms with Gasteiger partial charge in [0, 0.05) is 12.6 Å². The number of hydrogen-bond acceptors (Lipinski definition) is 5. The van der Waals surface area contributed by atoms with Gasteiger partial charge in [-0.2, -0.15) is 5.10 Å². The van der Waals surface area contributed by atoms with E-state index in [1.54, 1.807) is 4.90 Å². The van der Waals surface area contributed by atoms with Gasteiger partial charge in [-0.1, -0.05) is 0 Å². The lowest BCUT2D eigenvalue weighted by molar-refractivity contribution is -0.385.